The van der Waals surface area contributed by atoms with Gasteiger partial charge in [-0.1, -0.05) is 51.7 Å². The fourth-order valence-electron chi connectivity index (χ4n) is 2.98. The molecule has 0 bridgehead atoms. The largest absolute Gasteiger partial charge is 0.330 e. The molecule has 1 saturated carbocycles. The SMILES string of the molecule is CC(C)(CN)c1ccc(NC(=O)CCC2CCCC2)cc1. The summed E-state index contributed by atoms with van der Waals surface area (Å²) in [5.41, 5.74) is 7.84. The van der Waals surface area contributed by atoms with Crippen molar-refractivity contribution in [3.8, 4) is 0 Å². The Morgan fingerprint density at radius 3 is 2.43 bits per heavy atom. The third-order valence-corrected chi connectivity index (χ3v) is 4.71. The van der Waals surface area contributed by atoms with E-state index in [9.17, 15) is 4.79 Å². The Morgan fingerprint density at radius 1 is 1.24 bits per heavy atom. The molecule has 3 N–H and O–H groups in total. The van der Waals surface area contributed by atoms with Gasteiger partial charge in [-0.15, -0.1) is 0 Å². The fraction of sp³-hybridized carbons (Fsp3) is 0.611. The van der Waals surface area contributed by atoms with Gasteiger partial charge in [-0.05, 0) is 30.0 Å². The predicted octanol–water partition coefficient (Wildman–Crippen LogP) is 3.83. The van der Waals surface area contributed by atoms with E-state index in [2.05, 4.69) is 31.3 Å². The molecule has 1 aliphatic rings. The molecule has 0 aromatic heterocycles. The van der Waals surface area contributed by atoms with E-state index >= 15 is 0 Å². The molecule has 0 heterocycles. The standard InChI is InChI=1S/C18H28N2O/c1-18(2,13-19)15-8-10-16(11-9-15)20-17(21)12-7-14-5-3-4-6-14/h8-11,14H,3-7,12-13,19H2,1-2H3,(H,20,21). The number of benzene rings is 1. The first kappa shape index (κ1) is 16.0. The summed E-state index contributed by atoms with van der Waals surface area (Å²) in [5.74, 6) is 0.899. The van der Waals surface area contributed by atoms with E-state index in [1.165, 1.54) is 31.2 Å². The summed E-state index contributed by atoms with van der Waals surface area (Å²) in [4.78, 5) is 12.0. The minimum absolute atomic E-state index is 0.0228. The Kier molecular flexibility index (Phi) is 5.40. The summed E-state index contributed by atoms with van der Waals surface area (Å²) in [6.07, 6.45) is 6.95. The van der Waals surface area contributed by atoms with Crippen LogP contribution in [0.25, 0.3) is 0 Å². The Hall–Kier alpha value is -1.35. The molecular weight excluding hydrogens is 260 g/mol. The normalized spacial score (nSPS) is 16.1. The summed E-state index contributed by atoms with van der Waals surface area (Å²) in [6, 6.07) is 8.05. The van der Waals surface area contributed by atoms with Gasteiger partial charge in [0.05, 0.1) is 0 Å². The van der Waals surface area contributed by atoms with Gasteiger partial charge in [0.2, 0.25) is 5.91 Å². The average Bonchev–Trinajstić information content (AvgIpc) is 2.99. The lowest BCUT2D eigenvalue weighted by molar-refractivity contribution is -0.116. The third-order valence-electron chi connectivity index (χ3n) is 4.71. The minimum Gasteiger partial charge on any atom is -0.330 e. The van der Waals surface area contributed by atoms with Gasteiger partial charge in [-0.25, -0.2) is 0 Å². The van der Waals surface area contributed by atoms with Crippen LogP contribution < -0.4 is 11.1 Å². The number of hydrogen-bond acceptors (Lipinski definition) is 2. The molecule has 2 rings (SSSR count). The molecule has 1 amide bonds. The van der Waals surface area contributed by atoms with Crippen molar-refractivity contribution < 1.29 is 4.79 Å². The van der Waals surface area contributed by atoms with E-state index in [1.807, 2.05) is 12.1 Å². The number of carbonyl (C=O) groups excluding carboxylic acids is 1. The van der Waals surface area contributed by atoms with Crippen LogP contribution in [0.3, 0.4) is 0 Å². The van der Waals surface area contributed by atoms with E-state index in [1.54, 1.807) is 0 Å². The fourth-order valence-corrected chi connectivity index (χ4v) is 2.98. The summed E-state index contributed by atoms with van der Waals surface area (Å²) in [7, 11) is 0. The maximum absolute atomic E-state index is 12.0. The summed E-state index contributed by atoms with van der Waals surface area (Å²) in [5, 5.41) is 2.99. The van der Waals surface area contributed by atoms with Crippen LogP contribution in [-0.4, -0.2) is 12.5 Å². The first-order valence-electron chi connectivity index (χ1n) is 8.12. The molecule has 0 radical (unpaired) electrons. The minimum atomic E-state index is -0.0228. The van der Waals surface area contributed by atoms with Crippen molar-refractivity contribution >= 4 is 11.6 Å². The van der Waals surface area contributed by atoms with Gasteiger partial charge in [0.25, 0.3) is 0 Å². The van der Waals surface area contributed by atoms with E-state index in [0.29, 0.717) is 13.0 Å². The Morgan fingerprint density at radius 2 is 1.86 bits per heavy atom. The van der Waals surface area contributed by atoms with Crippen molar-refractivity contribution in [2.75, 3.05) is 11.9 Å². The van der Waals surface area contributed by atoms with Crippen LogP contribution in [0.2, 0.25) is 0 Å². The highest BCUT2D eigenvalue weighted by atomic mass is 16.1. The number of rotatable bonds is 6. The number of anilines is 1. The molecule has 1 aromatic carbocycles. The molecule has 0 unspecified atom stereocenters. The van der Waals surface area contributed by atoms with Crippen LogP contribution in [0.4, 0.5) is 5.69 Å². The second kappa shape index (κ2) is 7.08. The maximum Gasteiger partial charge on any atom is 0.224 e. The molecule has 1 fully saturated rings. The molecule has 0 atom stereocenters. The molecule has 1 aliphatic carbocycles. The van der Waals surface area contributed by atoms with Crippen LogP contribution in [0.15, 0.2) is 24.3 Å². The lowest BCUT2D eigenvalue weighted by Gasteiger charge is -2.23. The quantitative estimate of drug-likeness (QED) is 0.835. The van der Waals surface area contributed by atoms with Crippen molar-refractivity contribution in [2.24, 2.45) is 11.7 Å². The lowest BCUT2D eigenvalue weighted by Crippen LogP contribution is -2.27. The Bertz CT molecular complexity index is 459. The van der Waals surface area contributed by atoms with Gasteiger partial charge in [0.1, 0.15) is 0 Å². The molecule has 1 aromatic rings. The first-order valence-corrected chi connectivity index (χ1v) is 8.12. The average molecular weight is 288 g/mol. The Balaban J connectivity index is 1.83. The molecule has 116 valence electrons. The van der Waals surface area contributed by atoms with Gasteiger partial charge in [-0.3, -0.25) is 4.79 Å². The molecule has 0 saturated heterocycles. The maximum atomic E-state index is 12.0. The molecule has 0 spiro atoms. The lowest BCUT2D eigenvalue weighted by atomic mass is 9.85. The second-order valence-electron chi connectivity index (χ2n) is 6.90. The van der Waals surface area contributed by atoms with Crippen LogP contribution in [0.1, 0.15) is 57.9 Å². The Labute approximate surface area is 128 Å². The van der Waals surface area contributed by atoms with Gasteiger partial charge in [0.15, 0.2) is 0 Å². The van der Waals surface area contributed by atoms with Crippen molar-refractivity contribution in [2.45, 2.75) is 57.8 Å². The van der Waals surface area contributed by atoms with E-state index in [-0.39, 0.29) is 11.3 Å². The highest BCUT2D eigenvalue weighted by Gasteiger charge is 2.18. The number of nitrogens with two attached hydrogens (primary N) is 1. The third kappa shape index (κ3) is 4.57. The molecular formula is C18H28N2O. The van der Waals surface area contributed by atoms with Crippen LogP contribution in [0.5, 0.6) is 0 Å². The van der Waals surface area contributed by atoms with Crippen LogP contribution in [0, 0.1) is 5.92 Å². The summed E-state index contributed by atoms with van der Waals surface area (Å²) >= 11 is 0. The van der Waals surface area contributed by atoms with Crippen LogP contribution in [-0.2, 0) is 10.2 Å². The zero-order valence-corrected chi connectivity index (χ0v) is 13.3. The zero-order valence-electron chi connectivity index (χ0n) is 13.3. The molecule has 0 aliphatic heterocycles. The predicted molar refractivity (Wildman–Crippen MR) is 88.3 cm³/mol. The second-order valence-corrected chi connectivity index (χ2v) is 6.90. The van der Waals surface area contributed by atoms with Crippen molar-refractivity contribution in [1.29, 1.82) is 0 Å². The molecule has 21 heavy (non-hydrogen) atoms. The molecule has 3 heteroatoms. The van der Waals surface area contributed by atoms with E-state index in [4.69, 9.17) is 5.73 Å². The van der Waals surface area contributed by atoms with E-state index in [0.717, 1.165) is 18.0 Å². The van der Waals surface area contributed by atoms with Gasteiger partial charge in [-0.2, -0.15) is 0 Å². The van der Waals surface area contributed by atoms with Crippen molar-refractivity contribution in [3.05, 3.63) is 29.8 Å². The number of nitrogens with one attached hydrogen (secondary N) is 1. The van der Waals surface area contributed by atoms with Crippen molar-refractivity contribution in [1.82, 2.24) is 0 Å². The summed E-state index contributed by atoms with van der Waals surface area (Å²) < 4.78 is 0. The summed E-state index contributed by atoms with van der Waals surface area (Å²) in [6.45, 7) is 4.87. The highest BCUT2D eigenvalue weighted by Crippen LogP contribution is 2.28. The van der Waals surface area contributed by atoms with Gasteiger partial charge < -0.3 is 11.1 Å². The smallest absolute Gasteiger partial charge is 0.224 e. The van der Waals surface area contributed by atoms with Crippen LogP contribution >= 0.6 is 0 Å². The number of carbonyl (C=O) groups is 1. The van der Waals surface area contributed by atoms with E-state index < -0.39 is 0 Å². The van der Waals surface area contributed by atoms with Gasteiger partial charge >= 0.3 is 0 Å². The molecule has 3 nitrogen and oxygen atoms in total. The van der Waals surface area contributed by atoms with Gasteiger partial charge in [0, 0.05) is 24.1 Å². The topological polar surface area (TPSA) is 55.1 Å². The zero-order chi connectivity index (χ0) is 15.3. The number of amides is 1. The number of hydrogen-bond donors (Lipinski definition) is 2. The van der Waals surface area contributed by atoms with Crippen molar-refractivity contribution in [3.63, 3.8) is 0 Å². The first-order chi connectivity index (χ1) is 10.0. The highest BCUT2D eigenvalue weighted by molar-refractivity contribution is 5.90. The monoisotopic (exact) mass is 288 g/mol.